The third kappa shape index (κ3) is 4.57. The number of carbonyl (C=O) groups is 1. The third-order valence-corrected chi connectivity index (χ3v) is 3.32. The van der Waals surface area contributed by atoms with Gasteiger partial charge in [-0.2, -0.15) is 15.3 Å². The number of amides is 1. The number of pyridine rings is 1. The van der Waals surface area contributed by atoms with Gasteiger partial charge in [0, 0.05) is 11.8 Å². The van der Waals surface area contributed by atoms with Crippen LogP contribution < -0.4 is 5.43 Å². The van der Waals surface area contributed by atoms with E-state index in [0.29, 0.717) is 11.3 Å². The molecule has 0 saturated carbocycles. The van der Waals surface area contributed by atoms with Crippen molar-refractivity contribution in [3.63, 3.8) is 0 Å². The van der Waals surface area contributed by atoms with Gasteiger partial charge in [0.2, 0.25) is 0 Å². The Morgan fingerprint density at radius 1 is 0.962 bits per heavy atom. The van der Waals surface area contributed by atoms with Crippen LogP contribution in [0.3, 0.4) is 0 Å². The number of phenolic OH excluding ortho intramolecular Hbond substituents is 1. The molecule has 1 aromatic heterocycles. The molecule has 1 heterocycles. The van der Waals surface area contributed by atoms with Crippen LogP contribution >= 0.6 is 0 Å². The van der Waals surface area contributed by atoms with Crippen LogP contribution in [0.5, 0.6) is 5.75 Å². The summed E-state index contributed by atoms with van der Waals surface area (Å²) >= 11 is 0. The number of benzene rings is 2. The van der Waals surface area contributed by atoms with E-state index >= 15 is 0 Å². The Kier molecular flexibility index (Phi) is 5.41. The third-order valence-electron chi connectivity index (χ3n) is 3.32. The van der Waals surface area contributed by atoms with Crippen LogP contribution in [-0.2, 0) is 0 Å². The molecule has 0 saturated heterocycles. The van der Waals surface area contributed by atoms with Crippen molar-refractivity contribution in [2.75, 3.05) is 0 Å². The van der Waals surface area contributed by atoms with Crippen LogP contribution in [0.15, 0.2) is 88.3 Å². The number of hydrogen-bond acceptors (Lipinski definition) is 6. The van der Waals surface area contributed by atoms with Crippen LogP contribution in [0.25, 0.3) is 0 Å². The van der Waals surface area contributed by atoms with Gasteiger partial charge < -0.3 is 5.11 Å². The fourth-order valence-corrected chi connectivity index (χ4v) is 2.03. The Balaban J connectivity index is 1.69. The molecule has 7 nitrogen and oxygen atoms in total. The van der Waals surface area contributed by atoms with Crippen LogP contribution in [0.4, 0.5) is 11.4 Å². The molecule has 2 N–H and O–H groups in total. The molecule has 0 bridgehead atoms. The molecule has 0 radical (unpaired) electrons. The minimum atomic E-state index is -0.443. The predicted octanol–water partition coefficient (Wildman–Crippen LogP) is 3.97. The van der Waals surface area contributed by atoms with Crippen molar-refractivity contribution in [1.29, 1.82) is 0 Å². The number of hydrazone groups is 1. The summed E-state index contributed by atoms with van der Waals surface area (Å²) in [4.78, 5) is 15.8. The second-order valence-corrected chi connectivity index (χ2v) is 5.19. The molecule has 3 aromatic rings. The molecule has 26 heavy (non-hydrogen) atoms. The largest absolute Gasteiger partial charge is 0.507 e. The van der Waals surface area contributed by atoms with Gasteiger partial charge >= 0.3 is 0 Å². The first-order valence-corrected chi connectivity index (χ1v) is 7.76. The van der Waals surface area contributed by atoms with Gasteiger partial charge in [0.15, 0.2) is 0 Å². The van der Waals surface area contributed by atoms with E-state index in [-0.39, 0.29) is 11.4 Å². The second-order valence-electron chi connectivity index (χ2n) is 5.19. The summed E-state index contributed by atoms with van der Waals surface area (Å²) in [5.74, 6) is -0.430. The fourth-order valence-electron chi connectivity index (χ4n) is 2.03. The van der Waals surface area contributed by atoms with E-state index in [9.17, 15) is 9.90 Å². The minimum absolute atomic E-state index is 0.0134. The highest BCUT2D eigenvalue weighted by atomic mass is 16.3. The molecule has 7 heteroatoms. The number of aromatic nitrogens is 1. The quantitative estimate of drug-likeness (QED) is 0.416. The average molecular weight is 345 g/mol. The second kappa shape index (κ2) is 8.29. The summed E-state index contributed by atoms with van der Waals surface area (Å²) in [6.07, 6.45) is 2.85. The number of aromatic hydroxyl groups is 1. The van der Waals surface area contributed by atoms with Crippen molar-refractivity contribution >= 4 is 23.5 Å². The number of carbonyl (C=O) groups excluding carboxylic acids is 1. The minimum Gasteiger partial charge on any atom is -0.507 e. The molecule has 1 amide bonds. The Labute approximate surface area is 149 Å². The fraction of sp³-hybridized carbons (Fsp3) is 0. The van der Waals surface area contributed by atoms with Crippen molar-refractivity contribution in [3.8, 4) is 5.75 Å². The standard InChI is InChI=1S/C19H15N5O2/c25-18-10-9-16(23-22-15-6-2-1-3-7-15)12-14(18)13-21-24-19(26)17-8-4-5-11-20-17/h1-13,25H,(H,24,26). The molecule has 0 unspecified atom stereocenters. The number of nitrogens with one attached hydrogen (secondary N) is 1. The van der Waals surface area contributed by atoms with Crippen molar-refractivity contribution < 1.29 is 9.90 Å². The Morgan fingerprint density at radius 2 is 1.73 bits per heavy atom. The molecule has 128 valence electrons. The van der Waals surface area contributed by atoms with E-state index in [1.165, 1.54) is 18.5 Å². The van der Waals surface area contributed by atoms with Crippen LogP contribution in [-0.4, -0.2) is 22.2 Å². The first kappa shape index (κ1) is 17.0. The highest BCUT2D eigenvalue weighted by Crippen LogP contribution is 2.23. The SMILES string of the molecule is O=C(NN=Cc1cc(N=Nc2ccccc2)ccc1O)c1ccccn1. The number of hydrogen-bond donors (Lipinski definition) is 2. The van der Waals surface area contributed by atoms with Crippen LogP contribution in [0, 0.1) is 0 Å². The lowest BCUT2D eigenvalue weighted by Crippen LogP contribution is -2.18. The number of nitrogens with zero attached hydrogens (tertiary/aromatic N) is 4. The van der Waals surface area contributed by atoms with E-state index in [1.807, 2.05) is 30.3 Å². The molecule has 0 spiro atoms. The van der Waals surface area contributed by atoms with E-state index in [0.717, 1.165) is 5.69 Å². The lowest BCUT2D eigenvalue weighted by Gasteiger charge is -2.01. The highest BCUT2D eigenvalue weighted by molar-refractivity contribution is 5.93. The number of rotatable bonds is 5. The van der Waals surface area contributed by atoms with Gasteiger partial charge in [-0.15, -0.1) is 0 Å². The van der Waals surface area contributed by atoms with Crippen molar-refractivity contribution in [2.24, 2.45) is 15.3 Å². The molecule has 0 aliphatic carbocycles. The molecule has 0 fully saturated rings. The van der Waals surface area contributed by atoms with Crippen molar-refractivity contribution in [3.05, 3.63) is 84.2 Å². The van der Waals surface area contributed by atoms with E-state index in [1.54, 1.807) is 30.3 Å². The summed E-state index contributed by atoms with van der Waals surface area (Å²) in [6, 6.07) is 19.0. The predicted molar refractivity (Wildman–Crippen MR) is 98.0 cm³/mol. The monoisotopic (exact) mass is 345 g/mol. The van der Waals surface area contributed by atoms with Crippen LogP contribution in [0.2, 0.25) is 0 Å². The smallest absolute Gasteiger partial charge is 0.289 e. The maximum Gasteiger partial charge on any atom is 0.289 e. The van der Waals surface area contributed by atoms with Crippen molar-refractivity contribution in [2.45, 2.75) is 0 Å². The molecular weight excluding hydrogens is 330 g/mol. The summed E-state index contributed by atoms with van der Waals surface area (Å²) in [7, 11) is 0. The number of azo groups is 1. The zero-order valence-electron chi connectivity index (χ0n) is 13.6. The van der Waals surface area contributed by atoms with Gasteiger partial charge in [-0.1, -0.05) is 24.3 Å². The van der Waals surface area contributed by atoms with Gasteiger partial charge in [-0.3, -0.25) is 9.78 Å². The van der Waals surface area contributed by atoms with Gasteiger partial charge in [0.1, 0.15) is 11.4 Å². The number of phenols is 1. The average Bonchev–Trinajstić information content (AvgIpc) is 2.69. The molecule has 0 aliphatic heterocycles. The van der Waals surface area contributed by atoms with E-state index < -0.39 is 5.91 Å². The highest BCUT2D eigenvalue weighted by Gasteiger charge is 2.04. The first-order valence-electron chi connectivity index (χ1n) is 7.76. The molecular formula is C19H15N5O2. The van der Waals surface area contributed by atoms with E-state index in [4.69, 9.17) is 0 Å². The van der Waals surface area contributed by atoms with E-state index in [2.05, 4.69) is 25.7 Å². The van der Waals surface area contributed by atoms with Gasteiger partial charge in [0.25, 0.3) is 5.91 Å². The lowest BCUT2D eigenvalue weighted by atomic mass is 10.2. The zero-order chi connectivity index (χ0) is 18.2. The normalized spacial score (nSPS) is 11.1. The zero-order valence-corrected chi connectivity index (χ0v) is 13.6. The maximum atomic E-state index is 11.9. The summed E-state index contributed by atoms with van der Waals surface area (Å²) < 4.78 is 0. The molecule has 0 atom stereocenters. The summed E-state index contributed by atoms with van der Waals surface area (Å²) in [5, 5.41) is 22.0. The summed E-state index contributed by atoms with van der Waals surface area (Å²) in [6.45, 7) is 0. The van der Waals surface area contributed by atoms with Gasteiger partial charge in [-0.05, 0) is 42.5 Å². The molecule has 0 aliphatic rings. The Hall–Kier alpha value is -3.87. The Morgan fingerprint density at radius 3 is 2.50 bits per heavy atom. The first-order chi connectivity index (χ1) is 12.7. The Bertz CT molecular complexity index is 941. The molecule has 3 rings (SSSR count). The maximum absolute atomic E-state index is 11.9. The van der Waals surface area contributed by atoms with Crippen molar-refractivity contribution in [1.82, 2.24) is 10.4 Å². The van der Waals surface area contributed by atoms with Crippen LogP contribution in [0.1, 0.15) is 16.1 Å². The summed E-state index contributed by atoms with van der Waals surface area (Å²) in [5.41, 5.74) is 4.27. The van der Waals surface area contributed by atoms with Gasteiger partial charge in [-0.25, -0.2) is 5.43 Å². The molecule has 2 aromatic carbocycles. The van der Waals surface area contributed by atoms with Gasteiger partial charge in [0.05, 0.1) is 17.6 Å². The topological polar surface area (TPSA) is 99.3 Å². The lowest BCUT2D eigenvalue weighted by molar-refractivity contribution is 0.0950.